The van der Waals surface area contributed by atoms with Crippen LogP contribution in [0, 0.1) is 0 Å². The van der Waals surface area contributed by atoms with Crippen LogP contribution in [0.25, 0.3) is 0 Å². The molecule has 36 heavy (non-hydrogen) atoms. The molecule has 1 heterocycles. The van der Waals surface area contributed by atoms with Crippen molar-refractivity contribution in [1.29, 1.82) is 0 Å². The number of esters is 4. The fourth-order valence-electron chi connectivity index (χ4n) is 3.51. The van der Waals surface area contributed by atoms with Crippen molar-refractivity contribution in [3.8, 4) is 0 Å². The lowest BCUT2D eigenvalue weighted by molar-refractivity contribution is -0.188. The van der Waals surface area contributed by atoms with E-state index in [9.17, 15) is 24.0 Å². The molecule has 1 aromatic rings. The van der Waals surface area contributed by atoms with Gasteiger partial charge in [-0.2, -0.15) is 0 Å². The molecule has 0 aliphatic carbocycles. The van der Waals surface area contributed by atoms with Gasteiger partial charge in [-0.25, -0.2) is 4.79 Å². The maximum absolute atomic E-state index is 12.8. The van der Waals surface area contributed by atoms with Crippen LogP contribution in [0.1, 0.15) is 33.3 Å². The summed E-state index contributed by atoms with van der Waals surface area (Å²) in [5, 5.41) is 2.60. The van der Waals surface area contributed by atoms with Crippen LogP contribution in [0.5, 0.6) is 0 Å². The summed E-state index contributed by atoms with van der Waals surface area (Å²) in [7, 11) is 0. The summed E-state index contributed by atoms with van der Waals surface area (Å²) < 4.78 is 26.7. The lowest BCUT2D eigenvalue weighted by Gasteiger charge is -2.40. The fourth-order valence-corrected chi connectivity index (χ4v) is 3.51. The Hall–Kier alpha value is -3.93. The average molecular weight is 507 g/mol. The van der Waals surface area contributed by atoms with Crippen LogP contribution in [0.15, 0.2) is 42.2 Å². The number of hydrogen-bond donors (Lipinski definition) is 2. The third-order valence-electron chi connectivity index (χ3n) is 4.92. The second-order valence-corrected chi connectivity index (χ2v) is 8.00. The van der Waals surface area contributed by atoms with E-state index in [0.29, 0.717) is 0 Å². The minimum atomic E-state index is -1.43. The molecule has 12 nitrogen and oxygen atoms in total. The third-order valence-corrected chi connectivity index (χ3v) is 4.92. The monoisotopic (exact) mass is 506 g/mol. The molecular weight excluding hydrogens is 476 g/mol. The van der Waals surface area contributed by atoms with Crippen molar-refractivity contribution < 1.29 is 47.7 Å². The summed E-state index contributed by atoms with van der Waals surface area (Å²) in [6.45, 7) is 4.04. The lowest BCUT2D eigenvalue weighted by Crippen LogP contribution is -2.63. The predicted octanol–water partition coefficient (Wildman–Crippen LogP) is 0.271. The quantitative estimate of drug-likeness (QED) is 0.330. The smallest absolute Gasteiger partial charge is 0.373 e. The summed E-state index contributed by atoms with van der Waals surface area (Å²) in [4.78, 5) is 59.8. The van der Waals surface area contributed by atoms with Gasteiger partial charge in [-0.15, -0.1) is 0 Å². The van der Waals surface area contributed by atoms with Gasteiger partial charge in [0.25, 0.3) is 0 Å². The molecular formula is C24H30N2O10. The molecule has 3 N–H and O–H groups in total. The van der Waals surface area contributed by atoms with Crippen molar-refractivity contribution >= 4 is 29.8 Å². The average Bonchev–Trinajstić information content (AvgIpc) is 2.80. The topological polar surface area (TPSA) is 170 Å². The Labute approximate surface area is 208 Å². The van der Waals surface area contributed by atoms with Gasteiger partial charge in [-0.05, 0) is 11.6 Å². The van der Waals surface area contributed by atoms with Crippen molar-refractivity contribution in [3.05, 3.63) is 47.7 Å². The molecule has 0 unspecified atom stereocenters. The van der Waals surface area contributed by atoms with Gasteiger partial charge in [0.2, 0.25) is 11.7 Å². The van der Waals surface area contributed by atoms with E-state index in [1.54, 1.807) is 24.3 Å². The van der Waals surface area contributed by atoms with Gasteiger partial charge in [0.15, 0.2) is 18.3 Å². The van der Waals surface area contributed by atoms with E-state index in [4.69, 9.17) is 29.4 Å². The Morgan fingerprint density at radius 1 is 0.944 bits per heavy atom. The van der Waals surface area contributed by atoms with Gasteiger partial charge in [0.1, 0.15) is 13.2 Å². The second-order valence-electron chi connectivity index (χ2n) is 8.00. The maximum Gasteiger partial charge on any atom is 0.373 e. The van der Waals surface area contributed by atoms with Gasteiger partial charge >= 0.3 is 23.9 Å². The van der Waals surface area contributed by atoms with Gasteiger partial charge in [0, 0.05) is 27.7 Å². The number of hydrogen-bond acceptors (Lipinski definition) is 11. The van der Waals surface area contributed by atoms with Crippen LogP contribution in [-0.4, -0.2) is 66.8 Å². The first-order chi connectivity index (χ1) is 17.0. The summed E-state index contributed by atoms with van der Waals surface area (Å²) in [5.41, 5.74) is 6.96. The van der Waals surface area contributed by atoms with Crippen LogP contribution in [-0.2, 0) is 54.3 Å². The summed E-state index contributed by atoms with van der Waals surface area (Å²) in [6.07, 6.45) is -2.83. The number of ether oxygens (including phenoxy) is 5. The van der Waals surface area contributed by atoms with Crippen LogP contribution < -0.4 is 11.1 Å². The van der Waals surface area contributed by atoms with Crippen molar-refractivity contribution in [2.24, 2.45) is 5.73 Å². The predicted molar refractivity (Wildman–Crippen MR) is 123 cm³/mol. The van der Waals surface area contributed by atoms with Gasteiger partial charge in [-0.1, -0.05) is 30.3 Å². The van der Waals surface area contributed by atoms with E-state index in [1.807, 2.05) is 6.07 Å². The lowest BCUT2D eigenvalue weighted by atomic mass is 9.92. The Kier molecular flexibility index (Phi) is 10.4. The van der Waals surface area contributed by atoms with Crippen LogP contribution in [0.4, 0.5) is 0 Å². The van der Waals surface area contributed by atoms with Crippen LogP contribution in [0.3, 0.4) is 0 Å². The highest BCUT2D eigenvalue weighted by Gasteiger charge is 2.47. The van der Waals surface area contributed by atoms with E-state index in [1.165, 1.54) is 13.0 Å². The number of carbonyl (C=O) groups is 5. The first kappa shape index (κ1) is 28.3. The van der Waals surface area contributed by atoms with Gasteiger partial charge < -0.3 is 34.7 Å². The minimum Gasteiger partial charge on any atom is -0.477 e. The van der Waals surface area contributed by atoms with Gasteiger partial charge in [0.05, 0.1) is 12.1 Å². The fraction of sp³-hybridized carbons (Fsp3) is 0.458. The first-order valence-corrected chi connectivity index (χ1v) is 11.1. The SMILES string of the molecule is CC(=O)N[C@H]1[C@H]([C@H](OC(C)=O)[C@@H](COC(C)=O)OC(C)=O)OC(C(=O)OCc2ccccc2)=C[C@@H]1N. The molecule has 0 aromatic heterocycles. The molecule has 2 rings (SSSR count). The standard InChI is InChI=1S/C24H30N2O10/c1-13(27)26-21-18(25)10-19(24(31)33-11-17-8-6-5-7-9-17)36-23(21)22(35-16(4)30)20(34-15(3)29)12-32-14(2)28/h5-10,18,20-23H,11-12,25H2,1-4H3,(H,26,27)/t18-,20+,21+,22+,23+/m0/s1. The highest BCUT2D eigenvalue weighted by atomic mass is 16.6. The minimum absolute atomic E-state index is 0.0503. The van der Waals surface area contributed by atoms with Gasteiger partial charge in [-0.3, -0.25) is 19.2 Å². The Morgan fingerprint density at radius 2 is 1.58 bits per heavy atom. The van der Waals surface area contributed by atoms with Crippen LogP contribution in [0.2, 0.25) is 0 Å². The number of nitrogens with two attached hydrogens (primary N) is 1. The molecule has 5 atom stereocenters. The molecule has 0 saturated carbocycles. The molecule has 1 amide bonds. The zero-order chi connectivity index (χ0) is 26.8. The van der Waals surface area contributed by atoms with Crippen LogP contribution >= 0.6 is 0 Å². The first-order valence-electron chi connectivity index (χ1n) is 11.1. The number of rotatable bonds is 10. The van der Waals surface area contributed by atoms with E-state index in [-0.39, 0.29) is 12.4 Å². The molecule has 196 valence electrons. The molecule has 0 radical (unpaired) electrons. The van der Waals surface area contributed by atoms with E-state index < -0.39 is 66.8 Å². The third kappa shape index (κ3) is 8.69. The van der Waals surface area contributed by atoms with Crippen molar-refractivity contribution in [3.63, 3.8) is 0 Å². The molecule has 1 aliphatic heterocycles. The summed E-state index contributed by atoms with van der Waals surface area (Å²) in [5.74, 6) is -3.88. The van der Waals surface area contributed by atoms with E-state index >= 15 is 0 Å². The number of amides is 1. The molecule has 0 bridgehead atoms. The highest BCUT2D eigenvalue weighted by Crippen LogP contribution is 2.26. The maximum atomic E-state index is 12.8. The zero-order valence-electron chi connectivity index (χ0n) is 20.4. The number of carbonyl (C=O) groups excluding carboxylic acids is 5. The Balaban J connectivity index is 2.38. The van der Waals surface area contributed by atoms with E-state index in [2.05, 4.69) is 5.32 Å². The zero-order valence-corrected chi connectivity index (χ0v) is 20.4. The van der Waals surface area contributed by atoms with E-state index in [0.717, 1.165) is 26.3 Å². The molecule has 1 aliphatic rings. The van der Waals surface area contributed by atoms with Crippen molar-refractivity contribution in [2.75, 3.05) is 6.61 Å². The molecule has 0 fully saturated rings. The molecule has 0 spiro atoms. The normalized spacial score (nSPS) is 20.5. The Bertz CT molecular complexity index is 994. The Morgan fingerprint density at radius 3 is 2.14 bits per heavy atom. The molecule has 1 aromatic carbocycles. The highest BCUT2D eigenvalue weighted by molar-refractivity contribution is 5.86. The summed E-state index contributed by atoms with van der Waals surface area (Å²) >= 11 is 0. The molecule has 12 heteroatoms. The molecule has 0 saturated heterocycles. The number of benzene rings is 1. The largest absolute Gasteiger partial charge is 0.477 e. The van der Waals surface area contributed by atoms with Crippen molar-refractivity contribution in [1.82, 2.24) is 5.32 Å². The van der Waals surface area contributed by atoms with Crippen molar-refractivity contribution in [2.45, 2.75) is 64.7 Å². The number of nitrogens with one attached hydrogen (secondary N) is 1. The summed E-state index contributed by atoms with van der Waals surface area (Å²) in [6, 6.07) is 6.90. The second kappa shape index (κ2) is 13.2.